The number of nitrogens with one attached hydrogen (secondary N) is 1. The first kappa shape index (κ1) is 12.0. The van der Waals surface area contributed by atoms with E-state index in [1.165, 1.54) is 6.42 Å². The van der Waals surface area contributed by atoms with Crippen LogP contribution in [0.4, 0.5) is 5.69 Å². The van der Waals surface area contributed by atoms with Gasteiger partial charge in [-0.05, 0) is 43.7 Å². The summed E-state index contributed by atoms with van der Waals surface area (Å²) in [6, 6.07) is 5.83. The van der Waals surface area contributed by atoms with Gasteiger partial charge in [-0.1, -0.05) is 19.1 Å². The molecule has 1 fully saturated rings. The molecule has 0 bridgehead atoms. The van der Waals surface area contributed by atoms with Crippen LogP contribution in [0.2, 0.25) is 0 Å². The van der Waals surface area contributed by atoms with E-state index in [2.05, 4.69) is 12.2 Å². The van der Waals surface area contributed by atoms with Crippen LogP contribution in [-0.4, -0.2) is 17.1 Å². The smallest absolute Gasteiger partial charge is 0.337 e. The Labute approximate surface area is 102 Å². The van der Waals surface area contributed by atoms with Crippen molar-refractivity contribution in [3.8, 4) is 0 Å². The second kappa shape index (κ2) is 4.78. The van der Waals surface area contributed by atoms with Gasteiger partial charge in [0.1, 0.15) is 0 Å². The number of hydrogen-bond acceptors (Lipinski definition) is 2. The fraction of sp³-hybridized carbons (Fsp3) is 0.500. The number of carboxylic acids is 1. The average Bonchev–Trinajstić information content (AvgIpc) is 2.67. The maximum Gasteiger partial charge on any atom is 0.337 e. The summed E-state index contributed by atoms with van der Waals surface area (Å²) in [7, 11) is 0. The molecule has 0 aliphatic heterocycles. The zero-order chi connectivity index (χ0) is 12.4. The minimum Gasteiger partial charge on any atom is -0.478 e. The Bertz CT molecular complexity index is 428. The van der Waals surface area contributed by atoms with Gasteiger partial charge in [0, 0.05) is 6.04 Å². The van der Waals surface area contributed by atoms with E-state index in [4.69, 9.17) is 0 Å². The Kier molecular flexibility index (Phi) is 3.36. The number of rotatable bonds is 3. The molecule has 92 valence electrons. The molecule has 0 spiro atoms. The van der Waals surface area contributed by atoms with Crippen LogP contribution in [0.1, 0.15) is 42.1 Å². The summed E-state index contributed by atoms with van der Waals surface area (Å²) in [4.78, 5) is 11.2. The van der Waals surface area contributed by atoms with Crippen molar-refractivity contribution in [2.24, 2.45) is 5.92 Å². The third-order valence-electron chi connectivity index (χ3n) is 3.55. The summed E-state index contributed by atoms with van der Waals surface area (Å²) < 4.78 is 0. The highest BCUT2D eigenvalue weighted by atomic mass is 16.4. The molecule has 0 radical (unpaired) electrons. The molecule has 3 heteroatoms. The molecule has 3 nitrogen and oxygen atoms in total. The third-order valence-corrected chi connectivity index (χ3v) is 3.55. The number of aromatic carboxylic acids is 1. The van der Waals surface area contributed by atoms with Gasteiger partial charge in [0.25, 0.3) is 0 Å². The number of hydrogen-bond donors (Lipinski definition) is 2. The van der Waals surface area contributed by atoms with Gasteiger partial charge in [0.15, 0.2) is 0 Å². The lowest BCUT2D eigenvalue weighted by atomic mass is 10.1. The maximum absolute atomic E-state index is 11.2. The summed E-state index contributed by atoms with van der Waals surface area (Å²) in [5, 5.41) is 12.6. The van der Waals surface area contributed by atoms with Crippen molar-refractivity contribution in [3.63, 3.8) is 0 Å². The summed E-state index contributed by atoms with van der Waals surface area (Å²) in [6.45, 7) is 4.20. The van der Waals surface area contributed by atoms with Crippen LogP contribution < -0.4 is 5.32 Å². The number of para-hydroxylation sites is 1. The van der Waals surface area contributed by atoms with Crippen LogP contribution in [0, 0.1) is 12.8 Å². The fourth-order valence-corrected chi connectivity index (χ4v) is 2.58. The number of carboxylic acid groups (broad SMARTS) is 1. The van der Waals surface area contributed by atoms with Gasteiger partial charge in [0.05, 0.1) is 11.3 Å². The molecule has 2 rings (SSSR count). The van der Waals surface area contributed by atoms with Crippen molar-refractivity contribution in [1.29, 1.82) is 0 Å². The van der Waals surface area contributed by atoms with Crippen LogP contribution in [0.25, 0.3) is 0 Å². The van der Waals surface area contributed by atoms with Gasteiger partial charge >= 0.3 is 5.97 Å². The van der Waals surface area contributed by atoms with Crippen molar-refractivity contribution in [2.75, 3.05) is 5.32 Å². The minimum atomic E-state index is -0.859. The van der Waals surface area contributed by atoms with E-state index < -0.39 is 5.97 Å². The molecule has 1 aromatic rings. The van der Waals surface area contributed by atoms with Gasteiger partial charge in [0.2, 0.25) is 0 Å². The second-order valence-electron chi connectivity index (χ2n) is 5.06. The molecule has 0 saturated heterocycles. The summed E-state index contributed by atoms with van der Waals surface area (Å²) in [6.07, 6.45) is 3.49. The Morgan fingerprint density at radius 3 is 2.76 bits per heavy atom. The molecular formula is C14H19NO2. The van der Waals surface area contributed by atoms with Crippen LogP contribution in [0.15, 0.2) is 18.2 Å². The Balaban J connectivity index is 2.22. The van der Waals surface area contributed by atoms with Crippen molar-refractivity contribution in [2.45, 2.75) is 39.2 Å². The van der Waals surface area contributed by atoms with Crippen LogP contribution in [-0.2, 0) is 0 Å². The lowest BCUT2D eigenvalue weighted by Crippen LogP contribution is -2.18. The van der Waals surface area contributed by atoms with Crippen LogP contribution >= 0.6 is 0 Å². The first-order chi connectivity index (χ1) is 8.08. The lowest BCUT2D eigenvalue weighted by molar-refractivity contribution is 0.0698. The van der Waals surface area contributed by atoms with Crippen molar-refractivity contribution in [1.82, 2.24) is 0 Å². The van der Waals surface area contributed by atoms with E-state index in [9.17, 15) is 9.90 Å². The normalized spacial score (nSPS) is 23.6. The van der Waals surface area contributed by atoms with E-state index in [0.29, 0.717) is 11.6 Å². The molecule has 1 aromatic carbocycles. The Hall–Kier alpha value is -1.51. The molecule has 1 aliphatic carbocycles. The highest BCUT2D eigenvalue weighted by Gasteiger charge is 2.23. The standard InChI is InChI=1S/C14H19NO2/c1-9-6-7-11(8-9)15-13-10(2)4-3-5-12(13)14(16)17/h3-5,9,11,15H,6-8H2,1-2H3,(H,16,17). The fourth-order valence-electron chi connectivity index (χ4n) is 2.58. The SMILES string of the molecule is Cc1cccc(C(=O)O)c1NC1CCC(C)C1. The van der Waals surface area contributed by atoms with Gasteiger partial charge in [-0.3, -0.25) is 0 Å². The Morgan fingerprint density at radius 1 is 1.41 bits per heavy atom. The van der Waals surface area contributed by atoms with Gasteiger partial charge in [-0.15, -0.1) is 0 Å². The van der Waals surface area contributed by atoms with Gasteiger partial charge in [-0.2, -0.15) is 0 Å². The number of aryl methyl sites for hydroxylation is 1. The molecule has 2 unspecified atom stereocenters. The number of anilines is 1. The summed E-state index contributed by atoms with van der Waals surface area (Å²) >= 11 is 0. The summed E-state index contributed by atoms with van der Waals surface area (Å²) in [5.41, 5.74) is 2.17. The van der Waals surface area contributed by atoms with Crippen molar-refractivity contribution >= 4 is 11.7 Å². The quantitative estimate of drug-likeness (QED) is 0.842. The monoisotopic (exact) mass is 233 g/mol. The first-order valence-corrected chi connectivity index (χ1v) is 6.17. The molecule has 0 heterocycles. The highest BCUT2D eigenvalue weighted by molar-refractivity contribution is 5.95. The maximum atomic E-state index is 11.2. The molecular weight excluding hydrogens is 214 g/mol. The van der Waals surface area contributed by atoms with Crippen LogP contribution in [0.3, 0.4) is 0 Å². The molecule has 0 aromatic heterocycles. The highest BCUT2D eigenvalue weighted by Crippen LogP contribution is 2.30. The number of benzene rings is 1. The molecule has 2 atom stereocenters. The van der Waals surface area contributed by atoms with E-state index in [1.807, 2.05) is 13.0 Å². The Morgan fingerprint density at radius 2 is 2.18 bits per heavy atom. The van der Waals surface area contributed by atoms with E-state index in [1.54, 1.807) is 12.1 Å². The predicted molar refractivity (Wildman–Crippen MR) is 68.6 cm³/mol. The third kappa shape index (κ3) is 2.60. The topological polar surface area (TPSA) is 49.3 Å². The van der Waals surface area contributed by atoms with E-state index in [0.717, 1.165) is 30.0 Å². The molecule has 1 aliphatic rings. The molecule has 1 saturated carbocycles. The van der Waals surface area contributed by atoms with E-state index >= 15 is 0 Å². The zero-order valence-electron chi connectivity index (χ0n) is 10.4. The lowest BCUT2D eigenvalue weighted by Gasteiger charge is -2.18. The summed E-state index contributed by atoms with van der Waals surface area (Å²) in [5.74, 6) is -0.118. The largest absolute Gasteiger partial charge is 0.478 e. The predicted octanol–water partition coefficient (Wildman–Crippen LogP) is 3.29. The molecule has 2 N–H and O–H groups in total. The molecule has 17 heavy (non-hydrogen) atoms. The first-order valence-electron chi connectivity index (χ1n) is 6.17. The van der Waals surface area contributed by atoms with E-state index in [-0.39, 0.29) is 0 Å². The number of carbonyl (C=O) groups is 1. The van der Waals surface area contributed by atoms with Crippen LogP contribution in [0.5, 0.6) is 0 Å². The minimum absolute atomic E-state index is 0.379. The van der Waals surface area contributed by atoms with Gasteiger partial charge < -0.3 is 10.4 Å². The zero-order valence-corrected chi connectivity index (χ0v) is 10.4. The second-order valence-corrected chi connectivity index (χ2v) is 5.06. The van der Waals surface area contributed by atoms with Crippen molar-refractivity contribution < 1.29 is 9.90 Å². The van der Waals surface area contributed by atoms with Gasteiger partial charge in [-0.25, -0.2) is 4.79 Å². The average molecular weight is 233 g/mol. The van der Waals surface area contributed by atoms with Crippen molar-refractivity contribution in [3.05, 3.63) is 29.3 Å². The molecule has 0 amide bonds.